The molecule has 0 N–H and O–H groups in total. The molecule has 1 aliphatic rings. The van der Waals surface area contributed by atoms with E-state index in [1.54, 1.807) is 4.90 Å². The number of rotatable bonds is 5. The van der Waals surface area contributed by atoms with E-state index in [0.717, 1.165) is 30.0 Å². The molecule has 1 aliphatic heterocycles. The first-order valence-electron chi connectivity index (χ1n) is 8.32. The zero-order valence-corrected chi connectivity index (χ0v) is 15.9. The second-order valence-electron chi connectivity index (χ2n) is 5.62. The summed E-state index contributed by atoms with van der Waals surface area (Å²) in [6, 6.07) is 17.8. The third kappa shape index (κ3) is 3.78. The van der Waals surface area contributed by atoms with Crippen molar-refractivity contribution in [2.24, 2.45) is 0 Å². The number of anilines is 2. The van der Waals surface area contributed by atoms with Crippen LogP contribution in [0.25, 0.3) is 6.08 Å². The zero-order valence-electron chi connectivity index (χ0n) is 14.3. The van der Waals surface area contributed by atoms with Crippen LogP contribution in [0.4, 0.5) is 11.4 Å². The van der Waals surface area contributed by atoms with Crippen LogP contribution in [0.1, 0.15) is 19.4 Å². The van der Waals surface area contributed by atoms with Gasteiger partial charge in [-0.2, -0.15) is 0 Å². The van der Waals surface area contributed by atoms with E-state index < -0.39 is 0 Å². The molecule has 5 heteroatoms. The van der Waals surface area contributed by atoms with E-state index in [9.17, 15) is 4.79 Å². The molecule has 0 radical (unpaired) electrons. The molecule has 1 saturated heterocycles. The average Bonchev–Trinajstić information content (AvgIpc) is 2.91. The summed E-state index contributed by atoms with van der Waals surface area (Å²) in [6.07, 6.45) is 1.93. The lowest BCUT2D eigenvalue weighted by Crippen LogP contribution is -2.27. The molecule has 0 saturated carbocycles. The number of para-hydroxylation sites is 1. The van der Waals surface area contributed by atoms with E-state index in [1.807, 2.05) is 48.5 Å². The van der Waals surface area contributed by atoms with Gasteiger partial charge in [-0.25, -0.2) is 0 Å². The molecule has 3 rings (SSSR count). The lowest BCUT2D eigenvalue weighted by Gasteiger charge is -2.21. The fourth-order valence-corrected chi connectivity index (χ4v) is 4.12. The van der Waals surface area contributed by atoms with Crippen LogP contribution in [0, 0.1) is 0 Å². The maximum Gasteiger partial charge on any atom is 0.270 e. The zero-order chi connectivity index (χ0) is 17.8. The van der Waals surface area contributed by atoms with Gasteiger partial charge in [0.25, 0.3) is 5.91 Å². The van der Waals surface area contributed by atoms with E-state index in [0.29, 0.717) is 9.23 Å². The molecule has 0 bridgehead atoms. The molecule has 2 aromatic rings. The third-order valence-electron chi connectivity index (χ3n) is 4.10. The van der Waals surface area contributed by atoms with Gasteiger partial charge in [0.1, 0.15) is 0 Å². The van der Waals surface area contributed by atoms with Crippen molar-refractivity contribution in [2.75, 3.05) is 22.9 Å². The molecular weight excluding hydrogens is 348 g/mol. The average molecular weight is 369 g/mol. The SMILES string of the molecule is CCN(CC)c1cccc(/C=C2/SC(=S)N(c3ccccc3)C2=O)c1. The molecule has 3 nitrogen and oxygen atoms in total. The minimum atomic E-state index is -0.0607. The fourth-order valence-electron chi connectivity index (χ4n) is 2.82. The van der Waals surface area contributed by atoms with Crippen molar-refractivity contribution in [2.45, 2.75) is 13.8 Å². The predicted molar refractivity (Wildman–Crippen MR) is 112 cm³/mol. The Morgan fingerprint density at radius 2 is 1.80 bits per heavy atom. The van der Waals surface area contributed by atoms with Crippen LogP contribution < -0.4 is 9.80 Å². The van der Waals surface area contributed by atoms with Gasteiger partial charge in [-0.1, -0.05) is 54.3 Å². The van der Waals surface area contributed by atoms with E-state index >= 15 is 0 Å². The quantitative estimate of drug-likeness (QED) is 0.551. The Labute approximate surface area is 158 Å². The van der Waals surface area contributed by atoms with Gasteiger partial charge < -0.3 is 4.90 Å². The summed E-state index contributed by atoms with van der Waals surface area (Å²) in [7, 11) is 0. The van der Waals surface area contributed by atoms with Gasteiger partial charge in [0.15, 0.2) is 4.32 Å². The number of carbonyl (C=O) groups is 1. The number of amides is 1. The van der Waals surface area contributed by atoms with E-state index in [2.05, 4.69) is 30.9 Å². The first-order valence-corrected chi connectivity index (χ1v) is 9.54. The summed E-state index contributed by atoms with van der Waals surface area (Å²) < 4.78 is 0.572. The highest BCUT2D eigenvalue weighted by Crippen LogP contribution is 2.36. The molecule has 0 aliphatic carbocycles. The number of hydrogen-bond acceptors (Lipinski definition) is 4. The Bertz CT molecular complexity index is 813. The predicted octanol–water partition coefficient (Wildman–Crippen LogP) is 4.94. The van der Waals surface area contributed by atoms with Crippen LogP contribution in [-0.2, 0) is 4.79 Å². The van der Waals surface area contributed by atoms with Crippen molar-refractivity contribution >= 4 is 51.7 Å². The van der Waals surface area contributed by atoms with E-state index in [-0.39, 0.29) is 5.91 Å². The maximum atomic E-state index is 12.8. The summed E-state index contributed by atoms with van der Waals surface area (Å²) in [5, 5.41) is 0. The number of thioether (sulfide) groups is 1. The van der Waals surface area contributed by atoms with Gasteiger partial charge in [0, 0.05) is 18.8 Å². The van der Waals surface area contributed by atoms with Gasteiger partial charge in [-0.15, -0.1) is 0 Å². The van der Waals surface area contributed by atoms with Crippen LogP contribution in [0.5, 0.6) is 0 Å². The van der Waals surface area contributed by atoms with Crippen molar-refractivity contribution in [1.29, 1.82) is 0 Å². The molecule has 0 aromatic heterocycles. The Hall–Kier alpha value is -2.11. The molecule has 0 unspecified atom stereocenters. The molecule has 2 aromatic carbocycles. The normalized spacial score (nSPS) is 15.9. The van der Waals surface area contributed by atoms with Gasteiger partial charge >= 0.3 is 0 Å². The molecule has 25 heavy (non-hydrogen) atoms. The van der Waals surface area contributed by atoms with Gasteiger partial charge in [0.05, 0.1) is 10.6 Å². The molecule has 0 atom stereocenters. The van der Waals surface area contributed by atoms with Crippen LogP contribution in [0.3, 0.4) is 0 Å². The molecular formula is C20H20N2OS2. The maximum absolute atomic E-state index is 12.8. The fraction of sp³-hybridized carbons (Fsp3) is 0.200. The topological polar surface area (TPSA) is 23.6 Å². The molecule has 0 spiro atoms. The third-order valence-corrected chi connectivity index (χ3v) is 5.41. The number of benzene rings is 2. The highest BCUT2D eigenvalue weighted by atomic mass is 32.2. The summed E-state index contributed by atoms with van der Waals surface area (Å²) in [4.78, 5) is 17.3. The number of carbonyl (C=O) groups excluding carboxylic acids is 1. The minimum absolute atomic E-state index is 0.0607. The first kappa shape index (κ1) is 17.7. The van der Waals surface area contributed by atoms with Crippen molar-refractivity contribution in [1.82, 2.24) is 0 Å². The van der Waals surface area contributed by atoms with Crippen LogP contribution in [0.2, 0.25) is 0 Å². The van der Waals surface area contributed by atoms with Crippen molar-refractivity contribution < 1.29 is 4.79 Å². The second-order valence-corrected chi connectivity index (χ2v) is 7.30. The lowest BCUT2D eigenvalue weighted by molar-refractivity contribution is -0.113. The first-order chi connectivity index (χ1) is 12.1. The van der Waals surface area contributed by atoms with Gasteiger partial charge in [-0.05, 0) is 49.8 Å². The Balaban J connectivity index is 1.89. The molecule has 1 heterocycles. The number of thiocarbonyl (C=S) groups is 1. The number of nitrogens with zero attached hydrogens (tertiary/aromatic N) is 2. The summed E-state index contributed by atoms with van der Waals surface area (Å²) in [5.74, 6) is -0.0607. The summed E-state index contributed by atoms with van der Waals surface area (Å²) in [5.41, 5.74) is 2.99. The van der Waals surface area contributed by atoms with E-state index in [1.165, 1.54) is 11.8 Å². The highest BCUT2D eigenvalue weighted by Gasteiger charge is 2.33. The standard InChI is InChI=1S/C20H20N2OS2/c1-3-21(4-2)17-12-8-9-15(13-17)14-18-19(23)22(20(24)25-18)16-10-6-5-7-11-16/h5-14H,3-4H2,1-2H3/b18-14+. The second kappa shape index (κ2) is 7.85. The highest BCUT2D eigenvalue weighted by molar-refractivity contribution is 8.27. The number of hydrogen-bond donors (Lipinski definition) is 0. The summed E-state index contributed by atoms with van der Waals surface area (Å²) in [6.45, 7) is 6.19. The van der Waals surface area contributed by atoms with Crippen LogP contribution >= 0.6 is 24.0 Å². The Morgan fingerprint density at radius 1 is 1.08 bits per heavy atom. The molecule has 1 fully saturated rings. The van der Waals surface area contributed by atoms with Crippen LogP contribution in [0.15, 0.2) is 59.5 Å². The molecule has 1 amide bonds. The minimum Gasteiger partial charge on any atom is -0.372 e. The van der Waals surface area contributed by atoms with E-state index in [4.69, 9.17) is 12.2 Å². The monoisotopic (exact) mass is 368 g/mol. The largest absolute Gasteiger partial charge is 0.372 e. The van der Waals surface area contributed by atoms with Crippen LogP contribution in [-0.4, -0.2) is 23.3 Å². The Morgan fingerprint density at radius 3 is 2.48 bits per heavy atom. The van der Waals surface area contributed by atoms with Crippen molar-refractivity contribution in [3.05, 3.63) is 65.1 Å². The summed E-state index contributed by atoms with van der Waals surface area (Å²) >= 11 is 6.77. The van der Waals surface area contributed by atoms with Crippen molar-refractivity contribution in [3.63, 3.8) is 0 Å². The van der Waals surface area contributed by atoms with Gasteiger partial charge in [-0.3, -0.25) is 9.69 Å². The van der Waals surface area contributed by atoms with Crippen molar-refractivity contribution in [3.8, 4) is 0 Å². The molecule has 128 valence electrons. The smallest absolute Gasteiger partial charge is 0.270 e. The van der Waals surface area contributed by atoms with Gasteiger partial charge in [0.2, 0.25) is 0 Å². The Kier molecular flexibility index (Phi) is 5.56. The lowest BCUT2D eigenvalue weighted by atomic mass is 10.1.